The van der Waals surface area contributed by atoms with Crippen molar-refractivity contribution in [2.45, 2.75) is 13.0 Å². The zero-order valence-electron chi connectivity index (χ0n) is 10.5. The van der Waals surface area contributed by atoms with E-state index in [-0.39, 0.29) is 6.10 Å². The summed E-state index contributed by atoms with van der Waals surface area (Å²) >= 11 is 5.12. The third-order valence-corrected chi connectivity index (χ3v) is 4.85. The zero-order valence-corrected chi connectivity index (χ0v) is 12.9. The number of hydrogen-bond donors (Lipinski definition) is 0. The van der Waals surface area contributed by atoms with Gasteiger partial charge in [-0.25, -0.2) is 9.97 Å². The Morgan fingerprint density at radius 1 is 1.47 bits per heavy atom. The maximum absolute atomic E-state index is 5.80. The Bertz CT molecular complexity index is 561. The predicted molar refractivity (Wildman–Crippen MR) is 79.7 cm³/mol. The molecular formula is C13H14BrN3OS. The van der Waals surface area contributed by atoms with Crippen molar-refractivity contribution < 1.29 is 4.74 Å². The molecule has 0 spiro atoms. The highest BCUT2D eigenvalue weighted by molar-refractivity contribution is 9.10. The maximum Gasteiger partial charge on any atom is 0.128 e. The second-order valence-electron chi connectivity index (χ2n) is 4.47. The third-order valence-electron chi connectivity index (χ3n) is 3.15. The molecule has 19 heavy (non-hydrogen) atoms. The number of rotatable bonds is 2. The Morgan fingerprint density at radius 3 is 3.11 bits per heavy atom. The lowest BCUT2D eigenvalue weighted by Gasteiger charge is -2.33. The van der Waals surface area contributed by atoms with Crippen LogP contribution in [-0.4, -0.2) is 29.7 Å². The van der Waals surface area contributed by atoms with Crippen LogP contribution in [0.25, 0.3) is 0 Å². The summed E-state index contributed by atoms with van der Waals surface area (Å²) < 4.78 is 6.84. The monoisotopic (exact) mass is 339 g/mol. The largest absolute Gasteiger partial charge is 0.367 e. The van der Waals surface area contributed by atoms with E-state index in [0.717, 1.165) is 28.4 Å². The fourth-order valence-corrected chi connectivity index (χ4v) is 2.99. The average Bonchev–Trinajstić information content (AvgIpc) is 2.96. The molecule has 0 amide bonds. The quantitative estimate of drug-likeness (QED) is 0.842. The van der Waals surface area contributed by atoms with Crippen molar-refractivity contribution >= 4 is 33.1 Å². The number of pyridine rings is 1. The Kier molecular flexibility index (Phi) is 3.81. The van der Waals surface area contributed by atoms with Gasteiger partial charge in [0, 0.05) is 28.8 Å². The van der Waals surface area contributed by atoms with Gasteiger partial charge >= 0.3 is 0 Å². The summed E-state index contributed by atoms with van der Waals surface area (Å²) in [6, 6.07) is 2.11. The summed E-state index contributed by atoms with van der Waals surface area (Å²) in [6.45, 7) is 4.46. The molecule has 1 saturated heterocycles. The van der Waals surface area contributed by atoms with Gasteiger partial charge in [-0.15, -0.1) is 11.3 Å². The molecule has 0 saturated carbocycles. The first-order chi connectivity index (χ1) is 9.24. The highest BCUT2D eigenvalue weighted by atomic mass is 79.9. The lowest BCUT2D eigenvalue weighted by molar-refractivity contribution is 0.0393. The second kappa shape index (κ2) is 5.56. The number of ether oxygens (including phenoxy) is 1. The molecule has 3 rings (SSSR count). The smallest absolute Gasteiger partial charge is 0.128 e. The molecule has 0 aromatic carbocycles. The van der Waals surface area contributed by atoms with E-state index in [4.69, 9.17) is 4.74 Å². The van der Waals surface area contributed by atoms with Gasteiger partial charge in [-0.2, -0.15) is 0 Å². The SMILES string of the molecule is Cc1cc(N2CCOC(c3nccs3)C2)ncc1Br. The first-order valence-corrected chi connectivity index (χ1v) is 7.79. The van der Waals surface area contributed by atoms with Crippen molar-refractivity contribution in [3.05, 3.63) is 38.9 Å². The van der Waals surface area contributed by atoms with Crippen LogP contribution < -0.4 is 4.90 Å². The summed E-state index contributed by atoms with van der Waals surface area (Å²) in [5.41, 5.74) is 1.20. The van der Waals surface area contributed by atoms with E-state index in [1.807, 2.05) is 17.8 Å². The van der Waals surface area contributed by atoms with Crippen LogP contribution in [0.15, 0.2) is 28.3 Å². The van der Waals surface area contributed by atoms with Gasteiger partial charge in [0.25, 0.3) is 0 Å². The van der Waals surface area contributed by atoms with Crippen LogP contribution in [0.2, 0.25) is 0 Å². The van der Waals surface area contributed by atoms with Crippen molar-refractivity contribution in [3.8, 4) is 0 Å². The van der Waals surface area contributed by atoms with Crippen molar-refractivity contribution in [2.24, 2.45) is 0 Å². The molecule has 6 heteroatoms. The molecular weight excluding hydrogens is 326 g/mol. The van der Waals surface area contributed by atoms with Crippen molar-refractivity contribution in [1.82, 2.24) is 9.97 Å². The van der Waals surface area contributed by atoms with E-state index < -0.39 is 0 Å². The highest BCUT2D eigenvalue weighted by Gasteiger charge is 2.24. The molecule has 1 atom stereocenters. The molecule has 1 fully saturated rings. The number of anilines is 1. The minimum atomic E-state index is 0.0551. The predicted octanol–water partition coefficient (Wildman–Crippen LogP) is 3.19. The lowest BCUT2D eigenvalue weighted by Crippen LogP contribution is -2.38. The molecule has 0 aliphatic carbocycles. The van der Waals surface area contributed by atoms with E-state index in [0.29, 0.717) is 6.61 Å². The van der Waals surface area contributed by atoms with Crippen LogP contribution in [0.3, 0.4) is 0 Å². The Morgan fingerprint density at radius 2 is 2.37 bits per heavy atom. The van der Waals surface area contributed by atoms with E-state index in [2.05, 4.69) is 43.8 Å². The summed E-state index contributed by atoms with van der Waals surface area (Å²) in [5, 5.41) is 3.03. The molecule has 2 aromatic heterocycles. The summed E-state index contributed by atoms with van der Waals surface area (Å²) in [6.07, 6.45) is 3.74. The highest BCUT2D eigenvalue weighted by Crippen LogP contribution is 2.27. The van der Waals surface area contributed by atoms with Crippen LogP contribution in [0, 0.1) is 6.92 Å². The van der Waals surface area contributed by atoms with Crippen LogP contribution >= 0.6 is 27.3 Å². The van der Waals surface area contributed by atoms with Gasteiger partial charge in [-0.1, -0.05) is 0 Å². The molecule has 0 bridgehead atoms. The van der Waals surface area contributed by atoms with Gasteiger partial charge in [0.2, 0.25) is 0 Å². The third kappa shape index (κ3) is 2.80. The number of hydrogen-bond acceptors (Lipinski definition) is 5. The topological polar surface area (TPSA) is 38.2 Å². The summed E-state index contributed by atoms with van der Waals surface area (Å²) in [5.74, 6) is 1.01. The van der Waals surface area contributed by atoms with Gasteiger partial charge < -0.3 is 9.64 Å². The number of nitrogens with zero attached hydrogens (tertiary/aromatic N) is 3. The zero-order chi connectivity index (χ0) is 13.2. The molecule has 4 nitrogen and oxygen atoms in total. The molecule has 1 unspecified atom stereocenters. The van der Waals surface area contributed by atoms with Gasteiger partial charge in [0.15, 0.2) is 0 Å². The van der Waals surface area contributed by atoms with E-state index in [9.17, 15) is 0 Å². The minimum absolute atomic E-state index is 0.0551. The van der Waals surface area contributed by atoms with Gasteiger partial charge in [0.1, 0.15) is 16.9 Å². The number of halogens is 1. The standard InChI is InChI=1S/C13H14BrN3OS/c1-9-6-12(16-7-10(9)14)17-3-4-18-11(8-17)13-15-2-5-19-13/h2,5-7,11H,3-4,8H2,1H3. The van der Waals surface area contributed by atoms with Crippen LogP contribution in [0.1, 0.15) is 16.7 Å². The number of aryl methyl sites for hydroxylation is 1. The van der Waals surface area contributed by atoms with Crippen molar-refractivity contribution in [2.75, 3.05) is 24.6 Å². The Balaban J connectivity index is 1.79. The molecule has 0 radical (unpaired) electrons. The van der Waals surface area contributed by atoms with E-state index in [1.54, 1.807) is 11.3 Å². The average molecular weight is 340 g/mol. The maximum atomic E-state index is 5.80. The Labute approximate surface area is 124 Å². The number of aromatic nitrogens is 2. The fourth-order valence-electron chi connectivity index (χ4n) is 2.10. The minimum Gasteiger partial charge on any atom is -0.367 e. The molecule has 100 valence electrons. The lowest BCUT2D eigenvalue weighted by atomic mass is 10.2. The molecule has 1 aliphatic heterocycles. The molecule has 2 aromatic rings. The first-order valence-electron chi connectivity index (χ1n) is 6.12. The molecule has 3 heterocycles. The van der Waals surface area contributed by atoms with Gasteiger partial charge in [-0.3, -0.25) is 0 Å². The van der Waals surface area contributed by atoms with Crippen LogP contribution in [0.5, 0.6) is 0 Å². The van der Waals surface area contributed by atoms with Crippen LogP contribution in [-0.2, 0) is 4.74 Å². The molecule has 0 N–H and O–H groups in total. The van der Waals surface area contributed by atoms with Gasteiger partial charge in [-0.05, 0) is 34.5 Å². The normalized spacial score (nSPS) is 19.7. The van der Waals surface area contributed by atoms with E-state index >= 15 is 0 Å². The van der Waals surface area contributed by atoms with Crippen molar-refractivity contribution in [3.63, 3.8) is 0 Å². The molecule has 1 aliphatic rings. The summed E-state index contributed by atoms with van der Waals surface area (Å²) in [7, 11) is 0. The fraction of sp³-hybridized carbons (Fsp3) is 0.385. The van der Waals surface area contributed by atoms with Gasteiger partial charge in [0.05, 0.1) is 13.2 Å². The Hall–Kier alpha value is -0.980. The van der Waals surface area contributed by atoms with Crippen molar-refractivity contribution in [1.29, 1.82) is 0 Å². The van der Waals surface area contributed by atoms with Crippen LogP contribution in [0.4, 0.5) is 5.82 Å². The first kappa shape index (κ1) is 13.0. The van der Waals surface area contributed by atoms with E-state index in [1.165, 1.54) is 5.56 Å². The second-order valence-corrected chi connectivity index (χ2v) is 6.25. The number of thiazole rings is 1. The summed E-state index contributed by atoms with van der Waals surface area (Å²) in [4.78, 5) is 11.1. The number of morpholine rings is 1.